The van der Waals surface area contributed by atoms with Gasteiger partial charge in [-0.1, -0.05) is 23.7 Å². The lowest BCUT2D eigenvalue weighted by Crippen LogP contribution is -2.06. The molecule has 0 saturated carbocycles. The van der Waals surface area contributed by atoms with Crippen molar-refractivity contribution in [1.29, 1.82) is 0 Å². The lowest BCUT2D eigenvalue weighted by molar-refractivity contribution is 0.462. The van der Waals surface area contributed by atoms with E-state index in [-0.39, 0.29) is 0 Å². The first-order chi connectivity index (χ1) is 13.2. The number of thiophene rings is 1. The van der Waals surface area contributed by atoms with Crippen LogP contribution in [0.3, 0.4) is 0 Å². The highest BCUT2D eigenvalue weighted by Gasteiger charge is 2.09. The molecule has 0 aliphatic heterocycles. The number of hydrogen-bond acceptors (Lipinski definition) is 6. The number of nitrogens with zero attached hydrogens (tertiary/aromatic N) is 3. The summed E-state index contributed by atoms with van der Waals surface area (Å²) in [5.41, 5.74) is 1.20. The highest BCUT2D eigenvalue weighted by molar-refractivity contribution is 14.1. The minimum absolute atomic E-state index is 0.594. The van der Waals surface area contributed by atoms with Crippen LogP contribution in [0.25, 0.3) is 10.2 Å². The molecule has 0 aliphatic rings. The summed E-state index contributed by atoms with van der Waals surface area (Å²) in [5, 5.41) is 6.81. The molecule has 3 aromatic heterocycles. The van der Waals surface area contributed by atoms with Crippen LogP contribution in [0.2, 0.25) is 5.02 Å². The van der Waals surface area contributed by atoms with E-state index in [0.717, 1.165) is 38.3 Å². The highest BCUT2D eigenvalue weighted by Crippen LogP contribution is 2.32. The maximum absolute atomic E-state index is 6.24. The zero-order valence-corrected chi connectivity index (χ0v) is 17.8. The molecule has 8 heteroatoms. The molecule has 0 amide bonds. The van der Waals surface area contributed by atoms with Crippen molar-refractivity contribution in [3.63, 3.8) is 0 Å². The summed E-state index contributed by atoms with van der Waals surface area (Å²) in [6.45, 7) is 0.747. The summed E-state index contributed by atoms with van der Waals surface area (Å²) in [6, 6.07) is 11.8. The van der Waals surface area contributed by atoms with Gasteiger partial charge in [0.05, 0.1) is 10.4 Å². The Morgan fingerprint density at radius 3 is 2.78 bits per heavy atom. The Labute approximate surface area is 178 Å². The molecule has 1 aromatic carbocycles. The van der Waals surface area contributed by atoms with Gasteiger partial charge in [-0.25, -0.2) is 15.0 Å². The molecule has 0 fully saturated rings. The summed E-state index contributed by atoms with van der Waals surface area (Å²) < 4.78 is 6.87. The van der Waals surface area contributed by atoms with Crippen LogP contribution in [0.1, 0.15) is 5.56 Å². The molecule has 1 N–H and O–H groups in total. The summed E-state index contributed by atoms with van der Waals surface area (Å²) in [6.07, 6.45) is 4.15. The second kappa shape index (κ2) is 8.37. The largest absolute Gasteiger partial charge is 0.439 e. The Bertz CT molecular complexity index is 1070. The molecule has 27 heavy (non-hydrogen) atoms. The molecule has 0 atom stereocenters. The second-order valence-electron chi connectivity index (χ2n) is 5.72. The predicted molar refractivity (Wildman–Crippen MR) is 118 cm³/mol. The van der Waals surface area contributed by atoms with Crippen molar-refractivity contribution in [3.8, 4) is 11.6 Å². The van der Waals surface area contributed by atoms with Crippen molar-refractivity contribution in [1.82, 2.24) is 15.0 Å². The van der Waals surface area contributed by atoms with Crippen molar-refractivity contribution < 1.29 is 4.74 Å². The van der Waals surface area contributed by atoms with Crippen LogP contribution in [0.15, 0.2) is 54.3 Å². The number of pyridine rings is 1. The number of rotatable bonds is 6. The minimum Gasteiger partial charge on any atom is -0.439 e. The van der Waals surface area contributed by atoms with Crippen molar-refractivity contribution >= 4 is 61.6 Å². The third-order valence-corrected chi connectivity index (χ3v) is 5.86. The average molecular weight is 509 g/mol. The SMILES string of the molecule is Clc1csc2ncnc(NCCc3ccc(Oc4cc(I)ccn4)cc3)c12. The van der Waals surface area contributed by atoms with Crippen LogP contribution in [0.4, 0.5) is 5.82 Å². The Morgan fingerprint density at radius 1 is 1.11 bits per heavy atom. The van der Waals surface area contributed by atoms with Gasteiger partial charge < -0.3 is 10.1 Å². The lowest BCUT2D eigenvalue weighted by Gasteiger charge is -2.08. The average Bonchev–Trinajstić information content (AvgIpc) is 3.05. The van der Waals surface area contributed by atoms with Gasteiger partial charge in [-0.2, -0.15) is 0 Å². The van der Waals surface area contributed by atoms with Crippen LogP contribution in [0, 0.1) is 3.57 Å². The first kappa shape index (κ1) is 18.4. The van der Waals surface area contributed by atoms with Crippen LogP contribution >= 0.6 is 45.5 Å². The molecule has 0 saturated heterocycles. The highest BCUT2D eigenvalue weighted by atomic mass is 127. The molecule has 4 rings (SSSR count). The van der Waals surface area contributed by atoms with Gasteiger partial charge >= 0.3 is 0 Å². The Morgan fingerprint density at radius 2 is 1.96 bits per heavy atom. The van der Waals surface area contributed by atoms with Crippen molar-refractivity contribution in [2.24, 2.45) is 0 Å². The van der Waals surface area contributed by atoms with E-state index >= 15 is 0 Å². The maximum atomic E-state index is 6.24. The molecule has 0 unspecified atom stereocenters. The third-order valence-electron chi connectivity index (χ3n) is 3.87. The molecule has 5 nitrogen and oxygen atoms in total. The quantitative estimate of drug-likeness (QED) is 0.334. The molecule has 0 radical (unpaired) electrons. The van der Waals surface area contributed by atoms with E-state index in [2.05, 4.69) is 55.0 Å². The van der Waals surface area contributed by atoms with E-state index in [4.69, 9.17) is 16.3 Å². The minimum atomic E-state index is 0.594. The number of aromatic nitrogens is 3. The van der Waals surface area contributed by atoms with Crippen molar-refractivity contribution in [2.75, 3.05) is 11.9 Å². The number of nitrogens with one attached hydrogen (secondary N) is 1. The molecule has 0 spiro atoms. The topological polar surface area (TPSA) is 59.9 Å². The molecule has 4 aromatic rings. The summed E-state index contributed by atoms with van der Waals surface area (Å²) in [7, 11) is 0. The third kappa shape index (κ3) is 4.48. The smallest absolute Gasteiger partial charge is 0.220 e. The van der Waals surface area contributed by atoms with Crippen LogP contribution < -0.4 is 10.1 Å². The van der Waals surface area contributed by atoms with E-state index in [0.29, 0.717) is 10.9 Å². The first-order valence-electron chi connectivity index (χ1n) is 8.19. The molecule has 136 valence electrons. The normalized spacial score (nSPS) is 10.9. The summed E-state index contributed by atoms with van der Waals surface area (Å²) in [5.74, 6) is 2.14. The Balaban J connectivity index is 1.37. The first-order valence-corrected chi connectivity index (χ1v) is 10.5. The molecule has 0 bridgehead atoms. The fourth-order valence-electron chi connectivity index (χ4n) is 2.59. The monoisotopic (exact) mass is 508 g/mol. The van der Waals surface area contributed by atoms with Crippen molar-refractivity contribution in [2.45, 2.75) is 6.42 Å². The number of fused-ring (bicyclic) bond motifs is 1. The van der Waals surface area contributed by atoms with Gasteiger partial charge in [0.25, 0.3) is 0 Å². The molecular weight excluding hydrogens is 495 g/mol. The summed E-state index contributed by atoms with van der Waals surface area (Å²) in [4.78, 5) is 13.7. The molecule has 0 aliphatic carbocycles. The number of benzene rings is 1. The van der Waals surface area contributed by atoms with Gasteiger partial charge in [0.15, 0.2) is 0 Å². The Kier molecular flexibility index (Phi) is 5.70. The lowest BCUT2D eigenvalue weighted by atomic mass is 10.1. The van der Waals surface area contributed by atoms with Gasteiger partial charge in [-0.15, -0.1) is 11.3 Å². The molecule has 3 heterocycles. The Hall–Kier alpha value is -1.97. The fourth-order valence-corrected chi connectivity index (χ4v) is 4.15. The number of hydrogen-bond donors (Lipinski definition) is 1. The number of anilines is 1. The van der Waals surface area contributed by atoms with Gasteiger partial charge in [0, 0.05) is 27.8 Å². The van der Waals surface area contributed by atoms with Gasteiger partial charge in [0.1, 0.15) is 22.7 Å². The van der Waals surface area contributed by atoms with Crippen molar-refractivity contribution in [3.05, 3.63) is 68.5 Å². The second-order valence-corrected chi connectivity index (χ2v) is 8.23. The maximum Gasteiger partial charge on any atom is 0.220 e. The van der Waals surface area contributed by atoms with Gasteiger partial charge in [0.2, 0.25) is 5.88 Å². The zero-order chi connectivity index (χ0) is 18.6. The van der Waals surface area contributed by atoms with E-state index < -0.39 is 0 Å². The van der Waals surface area contributed by atoms with E-state index in [1.54, 1.807) is 12.5 Å². The van der Waals surface area contributed by atoms with E-state index in [1.165, 1.54) is 16.9 Å². The van der Waals surface area contributed by atoms with Gasteiger partial charge in [-0.05, 0) is 52.8 Å². The number of ether oxygens (including phenoxy) is 1. The summed E-state index contributed by atoms with van der Waals surface area (Å²) >= 11 is 9.99. The zero-order valence-electron chi connectivity index (χ0n) is 14.0. The van der Waals surface area contributed by atoms with Crippen LogP contribution in [-0.2, 0) is 6.42 Å². The standard InChI is InChI=1S/C19H14ClIN4OS/c20-15-10-27-19-17(15)18(24-11-25-19)23-7-5-12-1-3-14(4-2-12)26-16-9-13(21)6-8-22-16/h1-4,6,8-11H,5,7H2,(H,23,24,25). The fraction of sp³-hybridized carbons (Fsp3) is 0.105. The van der Waals surface area contributed by atoms with E-state index in [9.17, 15) is 0 Å². The predicted octanol–water partition coefficient (Wildman–Crippen LogP) is 5.79. The van der Waals surface area contributed by atoms with Gasteiger partial charge in [-0.3, -0.25) is 0 Å². The van der Waals surface area contributed by atoms with Crippen LogP contribution in [-0.4, -0.2) is 21.5 Å². The number of halogens is 2. The molecular formula is C19H14ClIN4OS. The van der Waals surface area contributed by atoms with Crippen LogP contribution in [0.5, 0.6) is 11.6 Å². The van der Waals surface area contributed by atoms with E-state index in [1.807, 2.05) is 29.6 Å².